The van der Waals surface area contributed by atoms with E-state index in [0.717, 1.165) is 16.6 Å². The molecule has 0 aliphatic rings. The van der Waals surface area contributed by atoms with Crippen molar-refractivity contribution in [2.75, 3.05) is 19.1 Å². The SMILES string of the molecule is COC(=O)c1ccc(C(=O)N(C)c2nc3ccccc3n2Cc2cccc3ccccc23)cc1. The number of anilines is 1. The molecule has 0 aliphatic carbocycles. The Morgan fingerprint density at radius 1 is 0.853 bits per heavy atom. The second kappa shape index (κ2) is 8.83. The number of imidazole rings is 1. The van der Waals surface area contributed by atoms with Crippen molar-refractivity contribution in [1.82, 2.24) is 9.55 Å². The van der Waals surface area contributed by atoms with Crippen molar-refractivity contribution in [1.29, 1.82) is 0 Å². The first-order chi connectivity index (χ1) is 16.6. The van der Waals surface area contributed by atoms with Gasteiger partial charge in [-0.15, -0.1) is 0 Å². The van der Waals surface area contributed by atoms with Gasteiger partial charge >= 0.3 is 5.97 Å². The van der Waals surface area contributed by atoms with Crippen LogP contribution >= 0.6 is 0 Å². The maximum Gasteiger partial charge on any atom is 0.337 e. The molecule has 0 aliphatic heterocycles. The summed E-state index contributed by atoms with van der Waals surface area (Å²) in [5.74, 6) is -0.105. The summed E-state index contributed by atoms with van der Waals surface area (Å²) in [4.78, 5) is 31.4. The summed E-state index contributed by atoms with van der Waals surface area (Å²) in [6, 6.07) is 28.8. The van der Waals surface area contributed by atoms with Crippen LogP contribution in [0, 0.1) is 0 Å². The Morgan fingerprint density at radius 2 is 1.53 bits per heavy atom. The number of hydrogen-bond acceptors (Lipinski definition) is 4. The lowest BCUT2D eigenvalue weighted by atomic mass is 10.0. The molecule has 34 heavy (non-hydrogen) atoms. The zero-order chi connectivity index (χ0) is 23.7. The molecule has 0 bridgehead atoms. The number of para-hydroxylation sites is 2. The summed E-state index contributed by atoms with van der Waals surface area (Å²) in [7, 11) is 3.05. The molecule has 1 heterocycles. The van der Waals surface area contributed by atoms with Crippen LogP contribution in [-0.2, 0) is 11.3 Å². The number of benzene rings is 4. The number of methoxy groups -OCH3 is 1. The molecule has 0 saturated heterocycles. The highest BCUT2D eigenvalue weighted by Gasteiger charge is 2.21. The average Bonchev–Trinajstić information content (AvgIpc) is 3.26. The van der Waals surface area contributed by atoms with Crippen LogP contribution in [0.5, 0.6) is 0 Å². The number of hydrogen-bond donors (Lipinski definition) is 0. The number of aromatic nitrogens is 2. The van der Waals surface area contributed by atoms with E-state index in [1.807, 2.05) is 42.5 Å². The molecule has 168 valence electrons. The van der Waals surface area contributed by atoms with E-state index in [2.05, 4.69) is 28.8 Å². The normalized spacial score (nSPS) is 11.0. The minimum Gasteiger partial charge on any atom is -0.465 e. The van der Waals surface area contributed by atoms with Crippen molar-refractivity contribution in [3.05, 3.63) is 108 Å². The molecule has 6 heteroatoms. The van der Waals surface area contributed by atoms with Crippen molar-refractivity contribution in [2.45, 2.75) is 6.54 Å². The Balaban J connectivity index is 1.55. The summed E-state index contributed by atoms with van der Waals surface area (Å²) in [5, 5.41) is 2.34. The second-order valence-corrected chi connectivity index (χ2v) is 8.06. The highest BCUT2D eigenvalue weighted by molar-refractivity contribution is 6.06. The van der Waals surface area contributed by atoms with Gasteiger partial charge in [-0.05, 0) is 52.7 Å². The molecule has 0 spiro atoms. The van der Waals surface area contributed by atoms with E-state index >= 15 is 0 Å². The lowest BCUT2D eigenvalue weighted by Gasteiger charge is -2.19. The van der Waals surface area contributed by atoms with Crippen molar-refractivity contribution in [3.63, 3.8) is 0 Å². The van der Waals surface area contributed by atoms with E-state index in [9.17, 15) is 9.59 Å². The topological polar surface area (TPSA) is 64.4 Å². The highest BCUT2D eigenvalue weighted by Crippen LogP contribution is 2.27. The molecule has 0 atom stereocenters. The Kier molecular flexibility index (Phi) is 5.55. The molecule has 4 aromatic carbocycles. The van der Waals surface area contributed by atoms with Crippen LogP contribution in [0.1, 0.15) is 26.3 Å². The molecular weight excluding hydrogens is 426 g/mol. The van der Waals surface area contributed by atoms with Gasteiger partial charge in [0.2, 0.25) is 5.95 Å². The molecule has 0 unspecified atom stereocenters. The lowest BCUT2D eigenvalue weighted by molar-refractivity contribution is 0.0600. The van der Waals surface area contributed by atoms with Crippen LogP contribution in [0.3, 0.4) is 0 Å². The van der Waals surface area contributed by atoms with Gasteiger partial charge in [-0.2, -0.15) is 0 Å². The quantitative estimate of drug-likeness (QED) is 0.342. The monoisotopic (exact) mass is 449 g/mol. The van der Waals surface area contributed by atoms with Crippen molar-refractivity contribution >= 4 is 39.6 Å². The summed E-state index contributed by atoms with van der Waals surface area (Å²) in [6.07, 6.45) is 0. The zero-order valence-electron chi connectivity index (χ0n) is 18.9. The number of esters is 1. The van der Waals surface area contributed by atoms with Gasteiger partial charge in [-0.3, -0.25) is 9.69 Å². The molecule has 0 saturated carbocycles. The Hall–Kier alpha value is -4.45. The third kappa shape index (κ3) is 3.79. The maximum atomic E-state index is 13.3. The van der Waals surface area contributed by atoms with Gasteiger partial charge in [0.1, 0.15) is 0 Å². The first kappa shape index (κ1) is 21.4. The first-order valence-electron chi connectivity index (χ1n) is 10.9. The van der Waals surface area contributed by atoms with Crippen LogP contribution in [0.2, 0.25) is 0 Å². The summed E-state index contributed by atoms with van der Waals surface area (Å²) < 4.78 is 6.81. The average molecular weight is 450 g/mol. The van der Waals surface area contributed by atoms with E-state index in [0.29, 0.717) is 23.6 Å². The van der Waals surface area contributed by atoms with Crippen LogP contribution < -0.4 is 4.90 Å². The van der Waals surface area contributed by atoms with Gasteiger partial charge in [0.05, 0.1) is 30.3 Å². The van der Waals surface area contributed by atoms with Gasteiger partial charge in [0.25, 0.3) is 5.91 Å². The van der Waals surface area contributed by atoms with Crippen LogP contribution in [0.4, 0.5) is 5.95 Å². The minimum atomic E-state index is -0.441. The number of nitrogens with zero attached hydrogens (tertiary/aromatic N) is 3. The van der Waals surface area contributed by atoms with E-state index in [-0.39, 0.29) is 5.91 Å². The number of amides is 1. The predicted molar refractivity (Wildman–Crippen MR) is 133 cm³/mol. The second-order valence-electron chi connectivity index (χ2n) is 8.06. The fourth-order valence-corrected chi connectivity index (χ4v) is 4.23. The molecule has 5 rings (SSSR count). The van der Waals surface area contributed by atoms with Crippen molar-refractivity contribution in [3.8, 4) is 0 Å². The van der Waals surface area contributed by atoms with E-state index in [1.165, 1.54) is 17.9 Å². The molecule has 5 aromatic rings. The zero-order valence-corrected chi connectivity index (χ0v) is 18.9. The van der Waals surface area contributed by atoms with Crippen LogP contribution in [0.25, 0.3) is 21.8 Å². The molecular formula is C28H23N3O3. The van der Waals surface area contributed by atoms with Crippen LogP contribution in [-0.4, -0.2) is 35.6 Å². The molecule has 0 radical (unpaired) electrons. The van der Waals surface area contributed by atoms with E-state index < -0.39 is 5.97 Å². The largest absolute Gasteiger partial charge is 0.465 e. The third-order valence-corrected chi connectivity index (χ3v) is 6.00. The minimum absolute atomic E-state index is 0.217. The summed E-state index contributed by atoms with van der Waals surface area (Å²) >= 11 is 0. The van der Waals surface area contributed by atoms with Gasteiger partial charge in [0, 0.05) is 12.6 Å². The predicted octanol–water partition coefficient (Wildman–Crippen LogP) is 5.30. The Labute approximate surface area is 197 Å². The fourth-order valence-electron chi connectivity index (χ4n) is 4.23. The van der Waals surface area contributed by atoms with Crippen LogP contribution in [0.15, 0.2) is 91.0 Å². The highest BCUT2D eigenvalue weighted by atomic mass is 16.5. The Morgan fingerprint density at radius 3 is 2.32 bits per heavy atom. The molecule has 1 amide bonds. The first-order valence-corrected chi connectivity index (χ1v) is 10.9. The number of fused-ring (bicyclic) bond motifs is 2. The van der Waals surface area contributed by atoms with E-state index in [1.54, 1.807) is 36.2 Å². The van der Waals surface area contributed by atoms with Gasteiger partial charge in [-0.25, -0.2) is 9.78 Å². The smallest absolute Gasteiger partial charge is 0.337 e. The van der Waals surface area contributed by atoms with Gasteiger partial charge in [-0.1, -0.05) is 54.6 Å². The van der Waals surface area contributed by atoms with Crippen molar-refractivity contribution < 1.29 is 14.3 Å². The third-order valence-electron chi connectivity index (χ3n) is 6.00. The van der Waals surface area contributed by atoms with E-state index in [4.69, 9.17) is 9.72 Å². The molecule has 6 nitrogen and oxygen atoms in total. The number of ether oxygens (including phenoxy) is 1. The number of carbonyl (C=O) groups excluding carboxylic acids is 2. The number of rotatable bonds is 5. The standard InChI is InChI=1S/C28H23N3O3/c1-30(26(32)20-14-16-21(17-15-20)27(33)34-2)28-29-24-12-5-6-13-25(24)31(28)18-22-10-7-9-19-8-3-4-11-23(19)22/h3-17H,18H2,1-2H3. The molecule has 1 aromatic heterocycles. The summed E-state index contributed by atoms with van der Waals surface area (Å²) in [5.41, 5.74) is 3.76. The lowest BCUT2D eigenvalue weighted by Crippen LogP contribution is -2.29. The Bertz CT molecular complexity index is 1510. The summed E-state index contributed by atoms with van der Waals surface area (Å²) in [6.45, 7) is 0.566. The van der Waals surface area contributed by atoms with Crippen molar-refractivity contribution in [2.24, 2.45) is 0 Å². The molecule has 0 N–H and O–H groups in total. The fraction of sp³-hybridized carbons (Fsp3) is 0.107. The van der Waals surface area contributed by atoms with Gasteiger partial charge < -0.3 is 9.30 Å². The van der Waals surface area contributed by atoms with Gasteiger partial charge in [0.15, 0.2) is 0 Å². The molecule has 0 fully saturated rings. The maximum absolute atomic E-state index is 13.3. The number of carbonyl (C=O) groups is 2.